The number of carbonyl (C=O) groups excluding carboxylic acids is 1. The molecule has 158 valence electrons. The molecule has 30 heavy (non-hydrogen) atoms. The average Bonchev–Trinajstić information content (AvgIpc) is 2.68. The molecule has 0 atom stereocenters. The molecule has 0 fully saturated rings. The molecule has 0 saturated carbocycles. The van der Waals surface area contributed by atoms with E-state index >= 15 is 0 Å². The molecular weight excluding hydrogens is 386 g/mol. The zero-order valence-corrected chi connectivity index (χ0v) is 17.5. The highest BCUT2D eigenvalue weighted by atomic mass is 16.5. The van der Waals surface area contributed by atoms with Crippen LogP contribution in [0.25, 0.3) is 10.9 Å². The fraction of sp³-hybridized carbons (Fsp3) is 0.381. The van der Waals surface area contributed by atoms with Crippen molar-refractivity contribution >= 4 is 28.8 Å². The highest BCUT2D eigenvalue weighted by Crippen LogP contribution is 2.27. The first-order valence-corrected chi connectivity index (χ1v) is 9.85. The number of rotatable bonds is 8. The Morgan fingerprint density at radius 3 is 2.60 bits per heavy atom. The van der Waals surface area contributed by atoms with Crippen LogP contribution in [0, 0.1) is 13.8 Å². The van der Waals surface area contributed by atoms with Crippen LogP contribution in [0.15, 0.2) is 23.0 Å². The van der Waals surface area contributed by atoms with Crippen molar-refractivity contribution in [2.24, 2.45) is 0 Å². The number of hydrogen-bond acceptors (Lipinski definition) is 8. The van der Waals surface area contributed by atoms with Gasteiger partial charge in [0.15, 0.2) is 0 Å². The molecule has 0 bridgehead atoms. The van der Waals surface area contributed by atoms with Crippen LogP contribution in [0.2, 0.25) is 0 Å². The molecule has 0 radical (unpaired) electrons. The summed E-state index contributed by atoms with van der Waals surface area (Å²) in [6.45, 7) is 8.09. The summed E-state index contributed by atoms with van der Waals surface area (Å²) in [5, 5.41) is 3.85. The summed E-state index contributed by atoms with van der Waals surface area (Å²) in [7, 11) is 0. The van der Waals surface area contributed by atoms with Gasteiger partial charge in [-0.25, -0.2) is 15.0 Å². The van der Waals surface area contributed by atoms with E-state index in [1.54, 1.807) is 13.8 Å². The molecule has 2 aromatic heterocycles. The summed E-state index contributed by atoms with van der Waals surface area (Å²) in [5.74, 6) is 0.846. The quantitative estimate of drug-likeness (QED) is 0.543. The van der Waals surface area contributed by atoms with Gasteiger partial charge < -0.3 is 9.47 Å². The number of H-pyrrole nitrogens is 1. The maximum atomic E-state index is 12.5. The topological polar surface area (TPSA) is 119 Å². The van der Waals surface area contributed by atoms with Crippen molar-refractivity contribution in [1.82, 2.24) is 19.9 Å². The summed E-state index contributed by atoms with van der Waals surface area (Å²) < 4.78 is 10.6. The first-order chi connectivity index (χ1) is 14.4. The van der Waals surface area contributed by atoms with Gasteiger partial charge in [0.25, 0.3) is 5.56 Å². The second-order valence-electron chi connectivity index (χ2n) is 6.63. The number of esters is 1. The lowest BCUT2D eigenvalue weighted by molar-refractivity contribution is -0.143. The standard InChI is InChI=1S/C21H25N5O4/c1-5-29-16-9-7-8-14-12(3)22-20(24-18(14)16)26-21-23-13(4)15(19(28)25-21)10-11-17(27)30-6-2/h7-9H,5-6,10-11H2,1-4H3,(H2,22,23,24,25,26,28). The smallest absolute Gasteiger partial charge is 0.306 e. The van der Waals surface area contributed by atoms with Crippen molar-refractivity contribution in [3.8, 4) is 5.75 Å². The van der Waals surface area contributed by atoms with Gasteiger partial charge in [0.2, 0.25) is 11.9 Å². The predicted molar refractivity (Wildman–Crippen MR) is 113 cm³/mol. The molecule has 0 saturated heterocycles. The van der Waals surface area contributed by atoms with Gasteiger partial charge >= 0.3 is 5.97 Å². The van der Waals surface area contributed by atoms with E-state index in [2.05, 4.69) is 25.3 Å². The molecule has 1 aromatic carbocycles. The molecule has 0 spiro atoms. The first-order valence-electron chi connectivity index (χ1n) is 9.85. The second kappa shape index (κ2) is 9.34. The van der Waals surface area contributed by atoms with Crippen molar-refractivity contribution in [2.45, 2.75) is 40.5 Å². The maximum absolute atomic E-state index is 12.5. The molecule has 3 aromatic rings. The van der Waals surface area contributed by atoms with Crippen molar-refractivity contribution < 1.29 is 14.3 Å². The number of aryl methyl sites for hydroxylation is 2. The lowest BCUT2D eigenvalue weighted by Crippen LogP contribution is -2.20. The number of carbonyl (C=O) groups is 1. The molecule has 0 aliphatic carbocycles. The van der Waals surface area contributed by atoms with Crippen molar-refractivity contribution in [2.75, 3.05) is 18.5 Å². The summed E-state index contributed by atoms with van der Waals surface area (Å²) in [5.41, 5.74) is 2.11. The SMILES string of the molecule is CCOC(=O)CCc1c(C)nc(Nc2nc(C)c3cccc(OCC)c3n2)[nH]c1=O. The van der Waals surface area contributed by atoms with Crippen LogP contribution in [-0.4, -0.2) is 39.1 Å². The number of aromatic nitrogens is 4. The number of para-hydroxylation sites is 1. The Morgan fingerprint density at radius 2 is 1.90 bits per heavy atom. The lowest BCUT2D eigenvalue weighted by Gasteiger charge is -2.11. The molecule has 2 heterocycles. The van der Waals surface area contributed by atoms with Gasteiger partial charge in [-0.15, -0.1) is 0 Å². The fourth-order valence-electron chi connectivity index (χ4n) is 3.14. The molecule has 9 heteroatoms. The van der Waals surface area contributed by atoms with Gasteiger partial charge in [-0.1, -0.05) is 12.1 Å². The molecule has 0 unspecified atom stereocenters. The molecule has 0 aliphatic rings. The van der Waals surface area contributed by atoms with Crippen LogP contribution in [0.3, 0.4) is 0 Å². The van der Waals surface area contributed by atoms with Gasteiger partial charge in [0, 0.05) is 23.1 Å². The van der Waals surface area contributed by atoms with Crippen LogP contribution in [0.4, 0.5) is 11.9 Å². The monoisotopic (exact) mass is 411 g/mol. The maximum Gasteiger partial charge on any atom is 0.306 e. The minimum absolute atomic E-state index is 0.124. The third kappa shape index (κ3) is 4.73. The Hall–Kier alpha value is -3.49. The minimum Gasteiger partial charge on any atom is -0.492 e. The van der Waals surface area contributed by atoms with Crippen LogP contribution in [0.1, 0.15) is 37.2 Å². The van der Waals surface area contributed by atoms with E-state index < -0.39 is 0 Å². The lowest BCUT2D eigenvalue weighted by atomic mass is 10.1. The highest BCUT2D eigenvalue weighted by Gasteiger charge is 2.13. The number of nitrogens with one attached hydrogen (secondary N) is 2. The van der Waals surface area contributed by atoms with E-state index in [0.29, 0.717) is 41.7 Å². The number of ether oxygens (including phenoxy) is 2. The summed E-state index contributed by atoms with van der Waals surface area (Å²) in [6.07, 6.45) is 0.385. The predicted octanol–water partition coefficient (Wildman–Crippen LogP) is 2.97. The van der Waals surface area contributed by atoms with E-state index in [1.165, 1.54) is 0 Å². The number of nitrogens with zero attached hydrogens (tertiary/aromatic N) is 3. The van der Waals surface area contributed by atoms with Gasteiger partial charge in [0.1, 0.15) is 11.3 Å². The average molecular weight is 411 g/mol. The number of hydrogen-bond donors (Lipinski definition) is 2. The Morgan fingerprint density at radius 1 is 1.10 bits per heavy atom. The van der Waals surface area contributed by atoms with Crippen LogP contribution in [0.5, 0.6) is 5.75 Å². The van der Waals surface area contributed by atoms with E-state index in [4.69, 9.17) is 9.47 Å². The normalized spacial score (nSPS) is 10.8. The molecule has 9 nitrogen and oxygen atoms in total. The minimum atomic E-state index is -0.344. The highest BCUT2D eigenvalue weighted by molar-refractivity contribution is 5.87. The van der Waals surface area contributed by atoms with Crippen molar-refractivity contribution in [3.63, 3.8) is 0 Å². The number of fused-ring (bicyclic) bond motifs is 1. The summed E-state index contributed by atoms with van der Waals surface area (Å²) in [4.78, 5) is 40.1. The Kier molecular flexibility index (Phi) is 6.61. The number of anilines is 2. The Bertz CT molecular complexity index is 1130. The molecule has 0 amide bonds. The number of benzene rings is 1. The van der Waals surface area contributed by atoms with Gasteiger partial charge in [-0.3, -0.25) is 19.9 Å². The second-order valence-corrected chi connectivity index (χ2v) is 6.63. The third-order valence-electron chi connectivity index (χ3n) is 4.52. The van der Waals surface area contributed by atoms with E-state index in [0.717, 1.165) is 11.1 Å². The summed E-state index contributed by atoms with van der Waals surface area (Å²) in [6, 6.07) is 5.68. The number of aromatic amines is 1. The molecular formula is C21H25N5O4. The van der Waals surface area contributed by atoms with Crippen LogP contribution < -0.4 is 15.6 Å². The molecule has 0 aliphatic heterocycles. The molecule has 3 rings (SSSR count). The van der Waals surface area contributed by atoms with Gasteiger partial charge in [-0.2, -0.15) is 0 Å². The largest absolute Gasteiger partial charge is 0.492 e. The zero-order chi connectivity index (χ0) is 21.7. The van der Waals surface area contributed by atoms with E-state index in [9.17, 15) is 9.59 Å². The van der Waals surface area contributed by atoms with Crippen molar-refractivity contribution in [1.29, 1.82) is 0 Å². The Labute approximate surface area is 173 Å². The third-order valence-corrected chi connectivity index (χ3v) is 4.52. The van der Waals surface area contributed by atoms with Crippen molar-refractivity contribution in [3.05, 3.63) is 45.5 Å². The first kappa shape index (κ1) is 21.2. The van der Waals surface area contributed by atoms with Gasteiger partial charge in [-0.05, 0) is 40.2 Å². The van der Waals surface area contributed by atoms with Gasteiger partial charge in [0.05, 0.1) is 18.9 Å². The zero-order valence-electron chi connectivity index (χ0n) is 17.5. The van der Waals surface area contributed by atoms with E-state index in [-0.39, 0.29) is 30.3 Å². The fourth-order valence-corrected chi connectivity index (χ4v) is 3.14. The summed E-state index contributed by atoms with van der Waals surface area (Å²) >= 11 is 0. The van der Waals surface area contributed by atoms with E-state index in [1.807, 2.05) is 32.0 Å². The Balaban J connectivity index is 1.87. The van der Waals surface area contributed by atoms with Crippen LogP contribution in [-0.2, 0) is 16.0 Å². The van der Waals surface area contributed by atoms with Crippen LogP contribution >= 0.6 is 0 Å². The molecule has 2 N–H and O–H groups in total.